The SMILES string of the molecule is CCN(C)/C(=N\C(=N)c1ccccc1)c1ccccc1. The van der Waals surface area contributed by atoms with Gasteiger partial charge in [-0.15, -0.1) is 0 Å². The highest BCUT2D eigenvalue weighted by Gasteiger charge is 2.09. The largest absolute Gasteiger partial charge is 0.359 e. The van der Waals surface area contributed by atoms with E-state index in [2.05, 4.69) is 11.9 Å². The third-order valence-corrected chi connectivity index (χ3v) is 3.13. The Hall–Kier alpha value is -2.42. The fourth-order valence-corrected chi connectivity index (χ4v) is 1.87. The zero-order valence-electron chi connectivity index (χ0n) is 11.9. The van der Waals surface area contributed by atoms with E-state index < -0.39 is 0 Å². The second-order valence-corrected chi connectivity index (χ2v) is 4.53. The molecule has 0 bridgehead atoms. The number of hydrogen-bond acceptors (Lipinski definition) is 1. The summed E-state index contributed by atoms with van der Waals surface area (Å²) in [4.78, 5) is 6.56. The summed E-state index contributed by atoms with van der Waals surface area (Å²) in [5.74, 6) is 1.10. The van der Waals surface area contributed by atoms with Crippen molar-refractivity contribution in [1.29, 1.82) is 5.41 Å². The summed E-state index contributed by atoms with van der Waals surface area (Å²) in [6.07, 6.45) is 0. The number of benzene rings is 2. The number of nitrogens with zero attached hydrogens (tertiary/aromatic N) is 2. The zero-order chi connectivity index (χ0) is 14.4. The predicted molar refractivity (Wildman–Crippen MR) is 84.6 cm³/mol. The molecule has 0 saturated heterocycles. The van der Waals surface area contributed by atoms with E-state index in [0.29, 0.717) is 0 Å². The molecule has 3 nitrogen and oxygen atoms in total. The van der Waals surface area contributed by atoms with E-state index in [1.807, 2.05) is 72.6 Å². The lowest BCUT2D eigenvalue weighted by Crippen LogP contribution is -2.28. The van der Waals surface area contributed by atoms with Crippen molar-refractivity contribution < 1.29 is 0 Å². The molecule has 0 atom stereocenters. The molecular weight excluding hydrogens is 246 g/mol. The van der Waals surface area contributed by atoms with Crippen LogP contribution in [0.2, 0.25) is 0 Å². The second kappa shape index (κ2) is 6.66. The molecule has 0 fully saturated rings. The fraction of sp³-hybridized carbons (Fsp3) is 0.176. The van der Waals surface area contributed by atoms with Crippen LogP contribution in [-0.2, 0) is 0 Å². The molecule has 3 heteroatoms. The zero-order valence-corrected chi connectivity index (χ0v) is 11.9. The van der Waals surface area contributed by atoms with Crippen LogP contribution in [0.1, 0.15) is 18.1 Å². The van der Waals surface area contributed by atoms with E-state index >= 15 is 0 Å². The average Bonchev–Trinajstić information content (AvgIpc) is 2.53. The van der Waals surface area contributed by atoms with Gasteiger partial charge in [0, 0.05) is 24.7 Å². The lowest BCUT2D eigenvalue weighted by molar-refractivity contribution is 0.537. The van der Waals surface area contributed by atoms with Crippen LogP contribution < -0.4 is 0 Å². The van der Waals surface area contributed by atoms with Gasteiger partial charge in [-0.25, -0.2) is 4.99 Å². The lowest BCUT2D eigenvalue weighted by Gasteiger charge is -2.19. The summed E-state index contributed by atoms with van der Waals surface area (Å²) >= 11 is 0. The minimum absolute atomic E-state index is 0.282. The molecule has 0 unspecified atom stereocenters. The topological polar surface area (TPSA) is 39.5 Å². The predicted octanol–water partition coefficient (Wildman–Crippen LogP) is 3.41. The van der Waals surface area contributed by atoms with E-state index in [-0.39, 0.29) is 5.84 Å². The highest BCUT2D eigenvalue weighted by molar-refractivity contribution is 6.10. The molecule has 0 aliphatic carbocycles. The van der Waals surface area contributed by atoms with Crippen molar-refractivity contribution in [3.63, 3.8) is 0 Å². The van der Waals surface area contributed by atoms with E-state index in [1.165, 1.54) is 0 Å². The van der Waals surface area contributed by atoms with Gasteiger partial charge in [-0.3, -0.25) is 5.41 Å². The van der Waals surface area contributed by atoms with Gasteiger partial charge in [0.05, 0.1) is 0 Å². The molecule has 0 saturated carbocycles. The van der Waals surface area contributed by atoms with Gasteiger partial charge in [-0.1, -0.05) is 60.7 Å². The number of aliphatic imine (C=N–C) groups is 1. The Labute approximate surface area is 120 Å². The first-order chi connectivity index (χ1) is 9.72. The summed E-state index contributed by atoms with van der Waals surface area (Å²) in [5, 5.41) is 8.16. The first kappa shape index (κ1) is 14.0. The minimum Gasteiger partial charge on any atom is -0.359 e. The van der Waals surface area contributed by atoms with Crippen molar-refractivity contribution in [1.82, 2.24) is 4.90 Å². The van der Waals surface area contributed by atoms with Crippen LogP contribution in [0.25, 0.3) is 0 Å². The first-order valence-corrected chi connectivity index (χ1v) is 6.71. The molecule has 2 aromatic carbocycles. The molecule has 0 heterocycles. The Morgan fingerprint density at radius 2 is 1.45 bits per heavy atom. The second-order valence-electron chi connectivity index (χ2n) is 4.53. The third kappa shape index (κ3) is 3.32. The van der Waals surface area contributed by atoms with Gasteiger partial charge in [-0.2, -0.15) is 0 Å². The standard InChI is InChI=1S/C17H19N3/c1-3-20(2)17(15-12-8-5-9-13-15)19-16(18)14-10-6-4-7-11-14/h4-13,18H,3H2,1-2H3/b18-16?,19-17-. The minimum atomic E-state index is 0.282. The monoisotopic (exact) mass is 265 g/mol. The normalized spacial score (nSPS) is 11.2. The Morgan fingerprint density at radius 1 is 0.950 bits per heavy atom. The Balaban J connectivity index is 2.37. The van der Waals surface area contributed by atoms with Crippen molar-refractivity contribution in [2.24, 2.45) is 4.99 Å². The van der Waals surface area contributed by atoms with E-state index in [0.717, 1.165) is 23.5 Å². The van der Waals surface area contributed by atoms with Crippen LogP contribution >= 0.6 is 0 Å². The molecule has 0 amide bonds. The molecule has 0 aliphatic rings. The van der Waals surface area contributed by atoms with Crippen molar-refractivity contribution in [2.75, 3.05) is 13.6 Å². The van der Waals surface area contributed by atoms with Crippen LogP contribution in [0, 0.1) is 5.41 Å². The van der Waals surface area contributed by atoms with E-state index in [1.54, 1.807) is 0 Å². The molecule has 2 aromatic rings. The van der Waals surface area contributed by atoms with E-state index in [9.17, 15) is 0 Å². The molecule has 20 heavy (non-hydrogen) atoms. The maximum absolute atomic E-state index is 8.16. The molecule has 102 valence electrons. The van der Waals surface area contributed by atoms with Crippen LogP contribution in [0.4, 0.5) is 0 Å². The molecule has 0 aliphatic heterocycles. The molecule has 1 N–H and O–H groups in total. The van der Waals surface area contributed by atoms with Gasteiger partial charge in [0.15, 0.2) is 5.84 Å². The van der Waals surface area contributed by atoms with Gasteiger partial charge in [-0.05, 0) is 6.92 Å². The summed E-state index contributed by atoms with van der Waals surface area (Å²) in [5.41, 5.74) is 1.85. The van der Waals surface area contributed by atoms with Gasteiger partial charge in [0.1, 0.15) is 5.84 Å². The Bertz CT molecular complexity index is 588. The first-order valence-electron chi connectivity index (χ1n) is 6.71. The van der Waals surface area contributed by atoms with Crippen LogP contribution in [0.15, 0.2) is 65.7 Å². The number of amidine groups is 2. The van der Waals surface area contributed by atoms with Crippen molar-refractivity contribution in [3.05, 3.63) is 71.8 Å². The van der Waals surface area contributed by atoms with Crippen LogP contribution in [0.3, 0.4) is 0 Å². The summed E-state index contributed by atoms with van der Waals surface area (Å²) in [7, 11) is 1.99. The Morgan fingerprint density at radius 3 is 1.95 bits per heavy atom. The molecular formula is C17H19N3. The maximum Gasteiger partial charge on any atom is 0.154 e. The lowest BCUT2D eigenvalue weighted by atomic mass is 10.1. The smallest absolute Gasteiger partial charge is 0.154 e. The molecule has 0 spiro atoms. The highest BCUT2D eigenvalue weighted by Crippen LogP contribution is 2.08. The summed E-state index contributed by atoms with van der Waals surface area (Å²) < 4.78 is 0. The summed E-state index contributed by atoms with van der Waals surface area (Å²) in [6.45, 7) is 2.92. The third-order valence-electron chi connectivity index (χ3n) is 3.13. The van der Waals surface area contributed by atoms with Gasteiger partial charge >= 0.3 is 0 Å². The molecule has 2 rings (SSSR count). The summed E-state index contributed by atoms with van der Waals surface area (Å²) in [6, 6.07) is 19.6. The van der Waals surface area contributed by atoms with Gasteiger partial charge in [0.2, 0.25) is 0 Å². The molecule has 0 aromatic heterocycles. The quantitative estimate of drug-likeness (QED) is 0.670. The fourth-order valence-electron chi connectivity index (χ4n) is 1.87. The van der Waals surface area contributed by atoms with Crippen LogP contribution in [-0.4, -0.2) is 30.2 Å². The number of nitrogens with one attached hydrogen (secondary N) is 1. The number of rotatable bonds is 3. The van der Waals surface area contributed by atoms with E-state index in [4.69, 9.17) is 5.41 Å². The average molecular weight is 265 g/mol. The highest BCUT2D eigenvalue weighted by atomic mass is 15.2. The van der Waals surface area contributed by atoms with Gasteiger partial charge in [0.25, 0.3) is 0 Å². The van der Waals surface area contributed by atoms with Crippen LogP contribution in [0.5, 0.6) is 0 Å². The van der Waals surface area contributed by atoms with Crippen molar-refractivity contribution in [2.45, 2.75) is 6.92 Å². The van der Waals surface area contributed by atoms with Gasteiger partial charge < -0.3 is 4.90 Å². The molecule has 0 radical (unpaired) electrons. The maximum atomic E-state index is 8.16. The Kier molecular flexibility index (Phi) is 4.66. The van der Waals surface area contributed by atoms with Crippen molar-refractivity contribution in [3.8, 4) is 0 Å². The number of hydrogen-bond donors (Lipinski definition) is 1. The van der Waals surface area contributed by atoms with Crippen molar-refractivity contribution >= 4 is 11.7 Å².